The van der Waals surface area contributed by atoms with Crippen molar-refractivity contribution in [3.05, 3.63) is 77.5 Å². The Hall–Kier alpha value is -2.81. The van der Waals surface area contributed by atoms with Gasteiger partial charge in [0.05, 0.1) is 0 Å². The number of para-hydroxylation sites is 1. The summed E-state index contributed by atoms with van der Waals surface area (Å²) >= 11 is 0. The lowest BCUT2D eigenvalue weighted by molar-refractivity contribution is -0.131. The van der Waals surface area contributed by atoms with E-state index in [9.17, 15) is 4.79 Å². The normalized spacial score (nSPS) is 11.3. The third-order valence-electron chi connectivity index (χ3n) is 3.70. The molecule has 0 amide bonds. The van der Waals surface area contributed by atoms with Crippen molar-refractivity contribution in [2.75, 3.05) is 0 Å². The fraction of sp³-hybridized carbons (Fsp3) is 0.105. The molecule has 0 aliphatic carbocycles. The van der Waals surface area contributed by atoms with E-state index in [4.69, 9.17) is 5.11 Å². The van der Waals surface area contributed by atoms with Gasteiger partial charge in [0.2, 0.25) is 0 Å². The van der Waals surface area contributed by atoms with Crippen LogP contribution in [0.1, 0.15) is 16.7 Å². The van der Waals surface area contributed by atoms with Gasteiger partial charge < -0.3 is 9.67 Å². The standard InChI is InChI=1S/C19H17NO2/c1-14-6-8-15(9-7-14)12-20-13-16(10-11-19(21)22)17-4-2-3-5-18(17)20/h2-11,13H,12H2,1H3,(H,21,22)/b11-10+. The number of nitrogens with zero attached hydrogens (tertiary/aromatic N) is 1. The zero-order chi connectivity index (χ0) is 15.5. The molecule has 1 heterocycles. The quantitative estimate of drug-likeness (QED) is 0.735. The summed E-state index contributed by atoms with van der Waals surface area (Å²) in [4.78, 5) is 10.7. The number of aliphatic carboxylic acids is 1. The predicted molar refractivity (Wildman–Crippen MR) is 88.9 cm³/mol. The number of fused-ring (bicyclic) bond motifs is 1. The molecule has 0 aliphatic rings. The molecule has 1 aromatic heterocycles. The summed E-state index contributed by atoms with van der Waals surface area (Å²) < 4.78 is 2.15. The van der Waals surface area contributed by atoms with Gasteiger partial charge >= 0.3 is 5.97 Å². The molecule has 0 bridgehead atoms. The smallest absolute Gasteiger partial charge is 0.328 e. The molecule has 1 N–H and O–H groups in total. The summed E-state index contributed by atoms with van der Waals surface area (Å²) in [6, 6.07) is 16.5. The molecule has 3 aromatic rings. The number of aromatic nitrogens is 1. The van der Waals surface area contributed by atoms with Crippen LogP contribution < -0.4 is 0 Å². The highest BCUT2D eigenvalue weighted by molar-refractivity contribution is 5.93. The number of carboxylic acid groups (broad SMARTS) is 1. The highest BCUT2D eigenvalue weighted by Crippen LogP contribution is 2.23. The lowest BCUT2D eigenvalue weighted by Crippen LogP contribution is -1.97. The molecule has 0 unspecified atom stereocenters. The molecular weight excluding hydrogens is 274 g/mol. The van der Waals surface area contributed by atoms with E-state index in [0.717, 1.165) is 23.0 Å². The highest BCUT2D eigenvalue weighted by atomic mass is 16.4. The maximum atomic E-state index is 10.7. The summed E-state index contributed by atoms with van der Waals surface area (Å²) in [5.41, 5.74) is 4.49. The Morgan fingerprint density at radius 1 is 1.14 bits per heavy atom. The summed E-state index contributed by atoms with van der Waals surface area (Å²) in [6.45, 7) is 2.84. The van der Waals surface area contributed by atoms with Gasteiger partial charge in [-0.3, -0.25) is 0 Å². The van der Waals surface area contributed by atoms with E-state index < -0.39 is 5.97 Å². The van der Waals surface area contributed by atoms with Gasteiger partial charge in [-0.05, 0) is 24.6 Å². The van der Waals surface area contributed by atoms with E-state index >= 15 is 0 Å². The number of carboxylic acids is 1. The molecule has 3 nitrogen and oxygen atoms in total. The molecule has 22 heavy (non-hydrogen) atoms. The van der Waals surface area contributed by atoms with Crippen molar-refractivity contribution >= 4 is 22.9 Å². The van der Waals surface area contributed by atoms with Gasteiger partial charge in [-0.1, -0.05) is 48.0 Å². The molecular formula is C19H17NO2. The molecule has 0 spiro atoms. The Labute approximate surface area is 129 Å². The van der Waals surface area contributed by atoms with E-state index in [-0.39, 0.29) is 0 Å². The van der Waals surface area contributed by atoms with Crippen molar-refractivity contribution in [3.8, 4) is 0 Å². The molecule has 0 saturated heterocycles. The Bertz CT molecular complexity index is 842. The average Bonchev–Trinajstić information content (AvgIpc) is 2.86. The van der Waals surface area contributed by atoms with E-state index in [1.165, 1.54) is 17.2 Å². The zero-order valence-corrected chi connectivity index (χ0v) is 12.4. The Balaban J connectivity index is 2.02. The van der Waals surface area contributed by atoms with Crippen LogP contribution in [0.5, 0.6) is 0 Å². The second-order valence-corrected chi connectivity index (χ2v) is 5.39. The van der Waals surface area contributed by atoms with Crippen LogP contribution >= 0.6 is 0 Å². The maximum absolute atomic E-state index is 10.7. The fourth-order valence-corrected chi connectivity index (χ4v) is 2.59. The molecule has 0 atom stereocenters. The Morgan fingerprint density at radius 3 is 2.59 bits per heavy atom. The van der Waals surface area contributed by atoms with Crippen molar-refractivity contribution < 1.29 is 9.90 Å². The van der Waals surface area contributed by atoms with Gasteiger partial charge in [0.15, 0.2) is 0 Å². The second-order valence-electron chi connectivity index (χ2n) is 5.39. The first-order valence-electron chi connectivity index (χ1n) is 7.18. The summed E-state index contributed by atoms with van der Waals surface area (Å²) in [6.07, 6.45) is 4.83. The van der Waals surface area contributed by atoms with Crippen LogP contribution in [0, 0.1) is 6.92 Å². The lowest BCUT2D eigenvalue weighted by Gasteiger charge is -2.06. The SMILES string of the molecule is Cc1ccc(Cn2cc(/C=C/C(=O)O)c3ccccc32)cc1. The van der Waals surface area contributed by atoms with Gasteiger partial charge in [-0.2, -0.15) is 0 Å². The van der Waals surface area contributed by atoms with Crippen molar-refractivity contribution in [2.24, 2.45) is 0 Å². The lowest BCUT2D eigenvalue weighted by atomic mass is 10.1. The van der Waals surface area contributed by atoms with E-state index in [2.05, 4.69) is 41.8 Å². The van der Waals surface area contributed by atoms with Gasteiger partial charge in [0, 0.05) is 35.3 Å². The Kier molecular flexibility index (Phi) is 3.79. The van der Waals surface area contributed by atoms with Gasteiger partial charge in [-0.15, -0.1) is 0 Å². The largest absolute Gasteiger partial charge is 0.478 e. The van der Waals surface area contributed by atoms with Gasteiger partial charge in [0.25, 0.3) is 0 Å². The number of aryl methyl sites for hydroxylation is 1. The van der Waals surface area contributed by atoms with E-state index in [0.29, 0.717) is 0 Å². The molecule has 0 radical (unpaired) electrons. The zero-order valence-electron chi connectivity index (χ0n) is 12.4. The number of rotatable bonds is 4. The summed E-state index contributed by atoms with van der Waals surface area (Å²) in [7, 11) is 0. The van der Waals surface area contributed by atoms with Crippen molar-refractivity contribution in [1.82, 2.24) is 4.57 Å². The predicted octanol–water partition coefficient (Wildman–Crippen LogP) is 4.10. The maximum Gasteiger partial charge on any atom is 0.328 e. The van der Waals surface area contributed by atoms with Crippen LogP contribution in [0.25, 0.3) is 17.0 Å². The van der Waals surface area contributed by atoms with E-state index in [1.54, 1.807) is 6.08 Å². The number of hydrogen-bond donors (Lipinski definition) is 1. The first kappa shape index (κ1) is 14.1. The third kappa shape index (κ3) is 2.93. The van der Waals surface area contributed by atoms with Crippen LogP contribution in [0.4, 0.5) is 0 Å². The average molecular weight is 291 g/mol. The van der Waals surface area contributed by atoms with Crippen LogP contribution in [-0.4, -0.2) is 15.6 Å². The molecule has 0 saturated carbocycles. The monoisotopic (exact) mass is 291 g/mol. The van der Waals surface area contributed by atoms with Crippen LogP contribution in [0.3, 0.4) is 0 Å². The van der Waals surface area contributed by atoms with Gasteiger partial charge in [-0.25, -0.2) is 4.79 Å². The first-order chi connectivity index (χ1) is 10.6. The molecule has 3 heteroatoms. The van der Waals surface area contributed by atoms with Gasteiger partial charge in [0.1, 0.15) is 0 Å². The molecule has 0 aliphatic heterocycles. The molecule has 0 fully saturated rings. The topological polar surface area (TPSA) is 42.2 Å². The summed E-state index contributed by atoms with van der Waals surface area (Å²) in [5, 5.41) is 9.88. The number of hydrogen-bond acceptors (Lipinski definition) is 1. The Morgan fingerprint density at radius 2 is 1.86 bits per heavy atom. The molecule has 2 aromatic carbocycles. The minimum absolute atomic E-state index is 0.766. The fourth-order valence-electron chi connectivity index (χ4n) is 2.59. The van der Waals surface area contributed by atoms with Crippen LogP contribution in [0.2, 0.25) is 0 Å². The molecule has 3 rings (SSSR count). The van der Waals surface area contributed by atoms with Crippen LogP contribution in [0.15, 0.2) is 60.8 Å². The van der Waals surface area contributed by atoms with Crippen molar-refractivity contribution in [1.29, 1.82) is 0 Å². The van der Waals surface area contributed by atoms with Crippen molar-refractivity contribution in [3.63, 3.8) is 0 Å². The highest BCUT2D eigenvalue weighted by Gasteiger charge is 2.06. The minimum Gasteiger partial charge on any atom is -0.478 e. The summed E-state index contributed by atoms with van der Waals surface area (Å²) in [5.74, 6) is -0.935. The number of carbonyl (C=O) groups is 1. The second kappa shape index (κ2) is 5.90. The molecule has 110 valence electrons. The van der Waals surface area contributed by atoms with Crippen LogP contribution in [-0.2, 0) is 11.3 Å². The van der Waals surface area contributed by atoms with Crippen molar-refractivity contribution in [2.45, 2.75) is 13.5 Å². The minimum atomic E-state index is -0.935. The number of benzene rings is 2. The first-order valence-corrected chi connectivity index (χ1v) is 7.18. The van der Waals surface area contributed by atoms with E-state index in [1.807, 2.05) is 24.4 Å². The third-order valence-corrected chi connectivity index (χ3v) is 3.70.